The lowest BCUT2D eigenvalue weighted by Crippen LogP contribution is -2.54. The van der Waals surface area contributed by atoms with Crippen molar-refractivity contribution < 1.29 is 4.79 Å². The molecular formula is C20H24N6O2. The zero-order valence-electron chi connectivity index (χ0n) is 16.2. The maximum atomic E-state index is 11.9. The van der Waals surface area contributed by atoms with Gasteiger partial charge in [-0.05, 0) is 37.6 Å². The highest BCUT2D eigenvalue weighted by atomic mass is 16.1. The molecule has 1 aliphatic rings. The molecule has 0 atom stereocenters. The molecule has 8 heteroatoms. The molecule has 1 amide bonds. The number of pyridine rings is 2. The molecule has 0 saturated carbocycles. The highest BCUT2D eigenvalue weighted by molar-refractivity contribution is 5.69. The molecular weight excluding hydrogens is 356 g/mol. The molecule has 1 aliphatic heterocycles. The fourth-order valence-corrected chi connectivity index (χ4v) is 2.48. The first-order valence-electron chi connectivity index (χ1n) is 8.86. The summed E-state index contributed by atoms with van der Waals surface area (Å²) in [7, 11) is 1.81. The van der Waals surface area contributed by atoms with Gasteiger partial charge in [-0.25, -0.2) is 4.98 Å². The molecule has 0 bridgehead atoms. The Morgan fingerprint density at radius 3 is 2.71 bits per heavy atom. The van der Waals surface area contributed by atoms with Gasteiger partial charge in [-0.3, -0.25) is 9.59 Å². The number of nitriles is 1. The average molecular weight is 380 g/mol. The van der Waals surface area contributed by atoms with Crippen molar-refractivity contribution >= 4 is 17.9 Å². The van der Waals surface area contributed by atoms with Gasteiger partial charge in [0.05, 0.1) is 12.1 Å². The highest BCUT2D eigenvalue weighted by Crippen LogP contribution is 2.22. The second-order valence-corrected chi connectivity index (χ2v) is 6.29. The molecule has 0 spiro atoms. The third kappa shape index (κ3) is 5.45. The number of hydrogen-bond donors (Lipinski definition) is 3. The van der Waals surface area contributed by atoms with Crippen molar-refractivity contribution in [2.24, 2.45) is 0 Å². The van der Waals surface area contributed by atoms with Crippen molar-refractivity contribution in [2.75, 3.05) is 30.8 Å². The third-order valence-electron chi connectivity index (χ3n) is 4.28. The minimum atomic E-state index is -0.170. The summed E-state index contributed by atoms with van der Waals surface area (Å²) in [4.78, 5) is 31.1. The number of carbonyl (C=O) groups excluding carboxylic acids is 1. The molecule has 1 saturated heterocycles. The highest BCUT2D eigenvalue weighted by Gasteiger charge is 2.25. The Balaban J connectivity index is 0.000000409. The Bertz CT molecular complexity index is 938. The zero-order valence-corrected chi connectivity index (χ0v) is 16.2. The van der Waals surface area contributed by atoms with Gasteiger partial charge >= 0.3 is 0 Å². The topological polar surface area (TPSA) is 114 Å². The smallest absolute Gasteiger partial charge is 0.271 e. The Morgan fingerprint density at radius 2 is 2.14 bits per heavy atom. The van der Waals surface area contributed by atoms with Crippen molar-refractivity contribution in [2.45, 2.75) is 19.9 Å². The Morgan fingerprint density at radius 1 is 1.39 bits per heavy atom. The quantitative estimate of drug-likeness (QED) is 0.541. The van der Waals surface area contributed by atoms with Gasteiger partial charge in [0.15, 0.2) is 0 Å². The van der Waals surface area contributed by atoms with Crippen LogP contribution in [0, 0.1) is 11.3 Å². The lowest BCUT2D eigenvalue weighted by molar-refractivity contribution is -0.121. The summed E-state index contributed by atoms with van der Waals surface area (Å²) in [5.41, 5.74) is 2.97. The van der Waals surface area contributed by atoms with E-state index in [4.69, 9.17) is 5.26 Å². The van der Waals surface area contributed by atoms with Crippen LogP contribution < -0.4 is 16.2 Å². The van der Waals surface area contributed by atoms with E-state index in [9.17, 15) is 9.59 Å². The van der Waals surface area contributed by atoms with Crippen LogP contribution in [-0.4, -0.2) is 47.5 Å². The fraction of sp³-hybridized carbons (Fsp3) is 0.300. The number of allylic oxidation sites excluding steroid dienone is 2. The van der Waals surface area contributed by atoms with Crippen LogP contribution in [0.5, 0.6) is 0 Å². The first kappa shape index (κ1) is 20.7. The minimum absolute atomic E-state index is 0.117. The second-order valence-electron chi connectivity index (χ2n) is 6.29. The molecule has 1 fully saturated rings. The molecule has 0 aromatic carbocycles. The average Bonchev–Trinajstić information content (AvgIpc) is 2.71. The van der Waals surface area contributed by atoms with Crippen molar-refractivity contribution in [3.63, 3.8) is 0 Å². The van der Waals surface area contributed by atoms with E-state index < -0.39 is 0 Å². The molecule has 3 rings (SSSR count). The molecule has 8 nitrogen and oxygen atoms in total. The molecule has 2 aromatic rings. The SMILES string of the molecule is C/C=C(/C)C#N.CNc1cc(-c2c[nH]c(=O)c(NC3CN(C=O)C3)c2)ccn1. The Hall–Kier alpha value is -3.60. The van der Waals surface area contributed by atoms with E-state index in [0.29, 0.717) is 18.8 Å². The number of nitrogens with zero attached hydrogens (tertiary/aromatic N) is 3. The largest absolute Gasteiger partial charge is 0.374 e. The van der Waals surface area contributed by atoms with Crippen molar-refractivity contribution in [3.8, 4) is 17.2 Å². The predicted molar refractivity (Wildman–Crippen MR) is 110 cm³/mol. The number of hydrogen-bond acceptors (Lipinski definition) is 6. The number of anilines is 2. The second kappa shape index (κ2) is 9.92. The van der Waals surface area contributed by atoms with Crippen molar-refractivity contribution in [1.29, 1.82) is 5.26 Å². The number of carbonyl (C=O) groups is 1. The van der Waals surface area contributed by atoms with Crippen LogP contribution in [0.3, 0.4) is 0 Å². The van der Waals surface area contributed by atoms with E-state index in [-0.39, 0.29) is 11.6 Å². The third-order valence-corrected chi connectivity index (χ3v) is 4.28. The van der Waals surface area contributed by atoms with Crippen LogP contribution >= 0.6 is 0 Å². The summed E-state index contributed by atoms with van der Waals surface area (Å²) < 4.78 is 0. The normalized spacial score (nSPS) is 13.5. The summed E-state index contributed by atoms with van der Waals surface area (Å²) in [6.07, 6.45) is 5.99. The van der Waals surface area contributed by atoms with Gasteiger partial charge in [-0.1, -0.05) is 6.08 Å². The van der Waals surface area contributed by atoms with Crippen LogP contribution in [0.25, 0.3) is 11.1 Å². The van der Waals surface area contributed by atoms with Crippen molar-refractivity contribution in [3.05, 3.63) is 52.6 Å². The van der Waals surface area contributed by atoms with E-state index in [1.807, 2.05) is 31.2 Å². The van der Waals surface area contributed by atoms with Crippen molar-refractivity contribution in [1.82, 2.24) is 14.9 Å². The number of nitrogens with one attached hydrogen (secondary N) is 3. The number of likely N-dealkylation sites (tertiary alicyclic amines) is 1. The standard InChI is InChI=1S/C15H17N5O2.C5H7N/c1-16-14-5-10(2-3-17-14)11-4-13(15(22)18-6-11)19-12-7-20(8-12)9-21;1-3-5(2)4-6/h2-6,9,12,19H,7-8H2,1H3,(H,16,17)(H,18,22);3H,1-2H3/b;5-3-. The van der Waals surface area contributed by atoms with E-state index >= 15 is 0 Å². The number of H-pyrrole nitrogens is 1. The monoisotopic (exact) mass is 380 g/mol. The van der Waals surface area contributed by atoms with E-state index in [1.165, 1.54) is 0 Å². The van der Waals surface area contributed by atoms with Gasteiger partial charge in [-0.15, -0.1) is 0 Å². The van der Waals surface area contributed by atoms with E-state index in [1.54, 1.807) is 37.3 Å². The number of rotatable bonds is 5. The maximum absolute atomic E-state index is 11.9. The molecule has 146 valence electrons. The molecule has 3 N–H and O–H groups in total. The van der Waals surface area contributed by atoms with Gasteiger partial charge < -0.3 is 20.5 Å². The van der Waals surface area contributed by atoms with E-state index in [2.05, 4.69) is 20.6 Å². The summed E-state index contributed by atoms with van der Waals surface area (Å²) in [5, 5.41) is 14.2. The molecule has 0 unspecified atom stereocenters. The predicted octanol–water partition coefficient (Wildman–Crippen LogP) is 2.21. The zero-order chi connectivity index (χ0) is 20.5. The number of aromatic nitrogens is 2. The summed E-state index contributed by atoms with van der Waals surface area (Å²) in [6.45, 7) is 4.86. The summed E-state index contributed by atoms with van der Waals surface area (Å²) in [6, 6.07) is 7.71. The summed E-state index contributed by atoms with van der Waals surface area (Å²) >= 11 is 0. The lowest BCUT2D eigenvalue weighted by atomic mass is 10.1. The molecule has 28 heavy (non-hydrogen) atoms. The number of amides is 1. The van der Waals surface area contributed by atoms with Crippen LogP contribution in [-0.2, 0) is 4.79 Å². The summed E-state index contributed by atoms with van der Waals surface area (Å²) in [5.74, 6) is 0.763. The Kier molecular flexibility index (Phi) is 7.34. The van der Waals surface area contributed by atoms with Crippen LogP contribution in [0.4, 0.5) is 11.5 Å². The number of aromatic amines is 1. The van der Waals surface area contributed by atoms with E-state index in [0.717, 1.165) is 28.9 Å². The first-order chi connectivity index (χ1) is 13.5. The maximum Gasteiger partial charge on any atom is 0.271 e. The van der Waals surface area contributed by atoms with Gasteiger partial charge in [0.25, 0.3) is 5.56 Å². The first-order valence-corrected chi connectivity index (χ1v) is 8.86. The van der Waals surface area contributed by atoms with Gasteiger partial charge in [-0.2, -0.15) is 5.26 Å². The molecule has 2 aromatic heterocycles. The molecule has 0 aliphatic carbocycles. The Labute approximate surface area is 163 Å². The molecule has 3 heterocycles. The molecule has 0 radical (unpaired) electrons. The van der Waals surface area contributed by atoms with Gasteiger partial charge in [0.1, 0.15) is 11.5 Å². The minimum Gasteiger partial charge on any atom is -0.374 e. The fourth-order valence-electron chi connectivity index (χ4n) is 2.48. The van der Waals surface area contributed by atoms with Crippen LogP contribution in [0.1, 0.15) is 13.8 Å². The lowest BCUT2D eigenvalue weighted by Gasteiger charge is -2.37. The van der Waals surface area contributed by atoms with Gasteiger partial charge in [0.2, 0.25) is 6.41 Å². The van der Waals surface area contributed by atoms with Crippen LogP contribution in [0.15, 0.2) is 47.0 Å². The van der Waals surface area contributed by atoms with Gasteiger partial charge in [0, 0.05) is 43.7 Å². The van der Waals surface area contributed by atoms with Crippen LogP contribution in [0.2, 0.25) is 0 Å².